The molecule has 0 unspecified atom stereocenters. The summed E-state index contributed by atoms with van der Waals surface area (Å²) in [6.07, 6.45) is 3.96. The van der Waals surface area contributed by atoms with Gasteiger partial charge in [-0.05, 0) is 25.0 Å². The summed E-state index contributed by atoms with van der Waals surface area (Å²) in [4.78, 5) is 14.0. The van der Waals surface area contributed by atoms with Crippen LogP contribution in [-0.4, -0.2) is 35.1 Å². The Balaban J connectivity index is 2.25. The van der Waals surface area contributed by atoms with Gasteiger partial charge in [0.25, 0.3) is 5.91 Å². The fourth-order valence-electron chi connectivity index (χ4n) is 2.60. The molecule has 5 heteroatoms. The van der Waals surface area contributed by atoms with E-state index >= 15 is 0 Å². The number of carbonyl (C=O) groups excluding carboxylic acids is 1. The van der Waals surface area contributed by atoms with Gasteiger partial charge < -0.3 is 10.0 Å². The number of rotatable bonds is 4. The molecule has 0 radical (unpaired) electrons. The molecule has 1 aromatic carbocycles. The largest absolute Gasteiger partial charge is 0.395 e. The third kappa shape index (κ3) is 3.07. The quantitative estimate of drug-likeness (QED) is 0.924. The van der Waals surface area contributed by atoms with Crippen LogP contribution in [0.1, 0.15) is 36.0 Å². The van der Waals surface area contributed by atoms with Gasteiger partial charge in [-0.25, -0.2) is 4.39 Å². The topological polar surface area (TPSA) is 40.5 Å². The molecule has 0 saturated heterocycles. The first-order valence-electron chi connectivity index (χ1n) is 6.51. The number of halogens is 2. The van der Waals surface area contributed by atoms with E-state index in [1.807, 2.05) is 0 Å². The summed E-state index contributed by atoms with van der Waals surface area (Å²) in [5.41, 5.74) is -0.0205. The minimum Gasteiger partial charge on any atom is -0.395 e. The highest BCUT2D eigenvalue weighted by Crippen LogP contribution is 2.26. The molecule has 1 saturated carbocycles. The van der Waals surface area contributed by atoms with Crippen LogP contribution in [0.15, 0.2) is 18.2 Å². The number of aliphatic hydroxyl groups is 1. The van der Waals surface area contributed by atoms with Gasteiger partial charge in [0.05, 0.1) is 17.2 Å². The lowest BCUT2D eigenvalue weighted by Crippen LogP contribution is -2.41. The second-order valence-electron chi connectivity index (χ2n) is 4.76. The molecule has 0 atom stereocenters. The van der Waals surface area contributed by atoms with Gasteiger partial charge in [0.2, 0.25) is 0 Å². The van der Waals surface area contributed by atoms with Crippen LogP contribution in [0.2, 0.25) is 5.02 Å². The van der Waals surface area contributed by atoms with Crippen molar-refractivity contribution in [1.29, 1.82) is 0 Å². The second-order valence-corrected chi connectivity index (χ2v) is 5.17. The molecule has 1 aliphatic carbocycles. The number of hydrogen-bond acceptors (Lipinski definition) is 2. The van der Waals surface area contributed by atoms with Gasteiger partial charge >= 0.3 is 0 Å². The van der Waals surface area contributed by atoms with Gasteiger partial charge in [-0.15, -0.1) is 0 Å². The zero-order valence-electron chi connectivity index (χ0n) is 10.6. The van der Waals surface area contributed by atoms with Crippen LogP contribution < -0.4 is 0 Å². The standard InChI is InChI=1S/C14H17ClFNO2/c15-12-7-3-6-11(13(12)16)14(19)17(8-9-18)10-4-1-2-5-10/h3,6-7,10,18H,1-2,4-5,8-9H2. The zero-order valence-corrected chi connectivity index (χ0v) is 11.4. The number of aliphatic hydroxyl groups excluding tert-OH is 1. The van der Waals surface area contributed by atoms with E-state index in [1.165, 1.54) is 12.1 Å². The molecule has 0 heterocycles. The van der Waals surface area contributed by atoms with Gasteiger partial charge in [-0.1, -0.05) is 30.5 Å². The molecule has 104 valence electrons. The molecule has 0 aromatic heterocycles. The molecule has 1 aliphatic rings. The normalized spacial score (nSPS) is 15.7. The summed E-state index contributed by atoms with van der Waals surface area (Å²) in [6.45, 7) is 0.111. The van der Waals surface area contributed by atoms with Crippen LogP contribution in [0.4, 0.5) is 4.39 Å². The lowest BCUT2D eigenvalue weighted by atomic mass is 10.1. The molecule has 1 aromatic rings. The molecule has 0 aliphatic heterocycles. The molecule has 2 rings (SSSR count). The maximum absolute atomic E-state index is 13.9. The van der Waals surface area contributed by atoms with Crippen molar-refractivity contribution in [3.05, 3.63) is 34.6 Å². The SMILES string of the molecule is O=C(c1cccc(Cl)c1F)N(CCO)C1CCCC1. The van der Waals surface area contributed by atoms with Crippen molar-refractivity contribution in [1.82, 2.24) is 4.90 Å². The summed E-state index contributed by atoms with van der Waals surface area (Å²) >= 11 is 5.70. The van der Waals surface area contributed by atoms with Crippen LogP contribution in [0.3, 0.4) is 0 Å². The van der Waals surface area contributed by atoms with Gasteiger partial charge in [0, 0.05) is 12.6 Å². The van der Waals surface area contributed by atoms with E-state index in [-0.39, 0.29) is 35.7 Å². The Kier molecular flexibility index (Phi) is 4.77. The van der Waals surface area contributed by atoms with Crippen LogP contribution in [0.25, 0.3) is 0 Å². The predicted octanol–water partition coefficient (Wildman–Crippen LogP) is 2.86. The Hall–Kier alpha value is -1.13. The highest BCUT2D eigenvalue weighted by Gasteiger charge is 2.28. The highest BCUT2D eigenvalue weighted by atomic mass is 35.5. The summed E-state index contributed by atoms with van der Waals surface area (Å²) in [5.74, 6) is -1.07. The monoisotopic (exact) mass is 285 g/mol. The Morgan fingerprint density at radius 1 is 1.42 bits per heavy atom. The molecule has 3 nitrogen and oxygen atoms in total. The Morgan fingerprint density at radius 3 is 2.74 bits per heavy atom. The van der Waals surface area contributed by atoms with Crippen molar-refractivity contribution in [3.63, 3.8) is 0 Å². The van der Waals surface area contributed by atoms with Gasteiger partial charge in [0.15, 0.2) is 5.82 Å². The van der Waals surface area contributed by atoms with Crippen molar-refractivity contribution in [3.8, 4) is 0 Å². The Morgan fingerprint density at radius 2 is 2.11 bits per heavy atom. The minimum atomic E-state index is -0.685. The van der Waals surface area contributed by atoms with Crippen molar-refractivity contribution in [2.75, 3.05) is 13.2 Å². The zero-order chi connectivity index (χ0) is 13.8. The first-order chi connectivity index (χ1) is 9.15. The van der Waals surface area contributed by atoms with E-state index in [2.05, 4.69) is 0 Å². The summed E-state index contributed by atoms with van der Waals surface area (Å²) in [5, 5.41) is 9.05. The molecule has 1 fully saturated rings. The molecule has 0 bridgehead atoms. The van der Waals surface area contributed by atoms with E-state index < -0.39 is 5.82 Å². The molecular weight excluding hydrogens is 269 g/mol. The third-order valence-corrected chi connectivity index (χ3v) is 3.84. The van der Waals surface area contributed by atoms with E-state index in [9.17, 15) is 9.18 Å². The number of carbonyl (C=O) groups is 1. The highest BCUT2D eigenvalue weighted by molar-refractivity contribution is 6.31. The molecular formula is C14H17ClFNO2. The summed E-state index contributed by atoms with van der Waals surface area (Å²) < 4.78 is 13.9. The fraction of sp³-hybridized carbons (Fsp3) is 0.500. The summed E-state index contributed by atoms with van der Waals surface area (Å²) in [7, 11) is 0. The third-order valence-electron chi connectivity index (χ3n) is 3.55. The van der Waals surface area contributed by atoms with Gasteiger partial charge in [-0.2, -0.15) is 0 Å². The lowest BCUT2D eigenvalue weighted by molar-refractivity contribution is 0.0633. The van der Waals surface area contributed by atoms with Crippen molar-refractivity contribution in [2.45, 2.75) is 31.7 Å². The number of nitrogens with zero attached hydrogens (tertiary/aromatic N) is 1. The van der Waals surface area contributed by atoms with E-state index in [0.29, 0.717) is 0 Å². The fourth-order valence-corrected chi connectivity index (χ4v) is 2.77. The predicted molar refractivity (Wildman–Crippen MR) is 71.8 cm³/mol. The lowest BCUT2D eigenvalue weighted by Gasteiger charge is -2.28. The number of hydrogen-bond donors (Lipinski definition) is 1. The maximum atomic E-state index is 13.9. The first kappa shape index (κ1) is 14.3. The van der Waals surface area contributed by atoms with Crippen molar-refractivity contribution >= 4 is 17.5 Å². The Bertz CT molecular complexity index is 461. The van der Waals surface area contributed by atoms with Crippen LogP contribution in [-0.2, 0) is 0 Å². The van der Waals surface area contributed by atoms with Crippen LogP contribution in [0.5, 0.6) is 0 Å². The number of amides is 1. The molecule has 1 amide bonds. The summed E-state index contributed by atoms with van der Waals surface area (Å²) in [6, 6.07) is 4.51. The van der Waals surface area contributed by atoms with E-state index in [4.69, 9.17) is 16.7 Å². The molecule has 0 spiro atoms. The average Bonchev–Trinajstić information content (AvgIpc) is 2.92. The average molecular weight is 286 g/mol. The second kappa shape index (κ2) is 6.35. The van der Waals surface area contributed by atoms with E-state index in [0.717, 1.165) is 25.7 Å². The molecule has 1 N–H and O–H groups in total. The Labute approximate surface area is 117 Å². The number of benzene rings is 1. The minimum absolute atomic E-state index is 0.0205. The van der Waals surface area contributed by atoms with Crippen molar-refractivity contribution < 1.29 is 14.3 Å². The smallest absolute Gasteiger partial charge is 0.257 e. The van der Waals surface area contributed by atoms with Crippen molar-refractivity contribution in [2.24, 2.45) is 0 Å². The maximum Gasteiger partial charge on any atom is 0.257 e. The van der Waals surface area contributed by atoms with Gasteiger partial charge in [0.1, 0.15) is 0 Å². The van der Waals surface area contributed by atoms with E-state index in [1.54, 1.807) is 11.0 Å². The van der Waals surface area contributed by atoms with Gasteiger partial charge in [-0.3, -0.25) is 4.79 Å². The van der Waals surface area contributed by atoms with Crippen LogP contribution >= 0.6 is 11.6 Å². The molecule has 19 heavy (non-hydrogen) atoms. The van der Waals surface area contributed by atoms with Crippen LogP contribution in [0, 0.1) is 5.82 Å². The first-order valence-corrected chi connectivity index (χ1v) is 6.88.